The second kappa shape index (κ2) is 13.0. The van der Waals surface area contributed by atoms with Gasteiger partial charge in [-0.15, -0.1) is 0 Å². The second-order valence-corrected chi connectivity index (χ2v) is 21.3. The van der Waals surface area contributed by atoms with Crippen molar-refractivity contribution in [1.82, 2.24) is 0 Å². The highest BCUT2D eigenvalue weighted by Crippen LogP contribution is 2.65. The summed E-state index contributed by atoms with van der Waals surface area (Å²) < 4.78 is 0. The maximum absolute atomic E-state index is 2.74. The van der Waals surface area contributed by atoms with Gasteiger partial charge in [-0.2, -0.15) is 0 Å². The van der Waals surface area contributed by atoms with E-state index in [0.717, 1.165) is 0 Å². The Bertz CT molecular complexity index is 2600. The smallest absolute Gasteiger partial charge is 0.0518 e. The molecule has 3 aliphatic carbocycles. The molecule has 2 fully saturated rings. The van der Waals surface area contributed by atoms with Crippen LogP contribution in [0.5, 0.6) is 0 Å². The molecule has 0 spiro atoms. The van der Waals surface area contributed by atoms with Crippen LogP contribution in [0, 0.1) is 27.7 Å². The lowest BCUT2D eigenvalue weighted by atomic mass is 9.60. The van der Waals surface area contributed by atoms with E-state index in [-0.39, 0.29) is 27.3 Å². The number of aryl methyl sites for hydroxylation is 2. The predicted octanol–water partition coefficient (Wildman–Crippen LogP) is 16.0. The Morgan fingerprint density at radius 2 is 0.787 bits per heavy atom. The van der Waals surface area contributed by atoms with E-state index in [1.54, 1.807) is 11.1 Å². The van der Waals surface area contributed by atoms with Crippen molar-refractivity contribution < 1.29 is 0 Å². The molecule has 0 aromatic heterocycles. The number of rotatable bonds is 4. The predicted molar refractivity (Wildman–Crippen MR) is 259 cm³/mol. The number of fused-ring (bicyclic) bond motifs is 9. The van der Waals surface area contributed by atoms with Crippen molar-refractivity contribution in [2.45, 2.75) is 148 Å². The van der Waals surface area contributed by atoms with Gasteiger partial charge in [0.15, 0.2) is 0 Å². The average molecular weight is 801 g/mol. The van der Waals surface area contributed by atoms with Gasteiger partial charge < -0.3 is 9.80 Å². The first kappa shape index (κ1) is 38.8. The molecular formula is C59H64N2. The Balaban J connectivity index is 1.01. The molecule has 61 heavy (non-hydrogen) atoms. The molecule has 2 heterocycles. The molecule has 2 saturated carbocycles. The van der Waals surface area contributed by atoms with E-state index in [0.29, 0.717) is 0 Å². The third kappa shape index (κ3) is 4.91. The number of anilines is 4. The summed E-state index contributed by atoms with van der Waals surface area (Å²) in [7, 11) is 0. The van der Waals surface area contributed by atoms with Gasteiger partial charge >= 0.3 is 0 Å². The Hall–Kier alpha value is -5.08. The van der Waals surface area contributed by atoms with Gasteiger partial charge in [-0.1, -0.05) is 114 Å². The zero-order valence-corrected chi connectivity index (χ0v) is 38.4. The molecule has 0 amide bonds. The first-order chi connectivity index (χ1) is 29.2. The summed E-state index contributed by atoms with van der Waals surface area (Å²) in [5.74, 6) is 0. The van der Waals surface area contributed by atoms with E-state index in [9.17, 15) is 0 Å². The summed E-state index contributed by atoms with van der Waals surface area (Å²) in [6, 6.07) is 42.3. The highest BCUT2D eigenvalue weighted by Gasteiger charge is 2.60. The number of benzene rings is 6. The molecule has 0 N–H and O–H groups in total. The van der Waals surface area contributed by atoms with Crippen LogP contribution in [0.3, 0.4) is 0 Å². The highest BCUT2D eigenvalue weighted by molar-refractivity contribution is 5.91. The molecule has 4 unspecified atom stereocenters. The van der Waals surface area contributed by atoms with Gasteiger partial charge in [-0.25, -0.2) is 0 Å². The number of hydrogen-bond donors (Lipinski definition) is 0. The molecule has 0 bridgehead atoms. The lowest BCUT2D eigenvalue weighted by Crippen LogP contribution is -2.54. The van der Waals surface area contributed by atoms with Crippen molar-refractivity contribution >= 4 is 22.7 Å². The molecule has 11 rings (SSSR count). The molecule has 2 nitrogen and oxygen atoms in total. The fraction of sp³-hybridized carbons (Fsp3) is 0.390. The van der Waals surface area contributed by atoms with E-state index in [1.807, 2.05) is 0 Å². The maximum atomic E-state index is 2.74. The van der Waals surface area contributed by atoms with Crippen LogP contribution in [0.4, 0.5) is 22.7 Å². The zero-order valence-electron chi connectivity index (χ0n) is 38.4. The maximum Gasteiger partial charge on any atom is 0.0518 e. The van der Waals surface area contributed by atoms with Gasteiger partial charge in [-0.3, -0.25) is 0 Å². The van der Waals surface area contributed by atoms with Gasteiger partial charge in [0, 0.05) is 39.0 Å². The number of nitrogens with zero attached hydrogens (tertiary/aromatic N) is 2. The molecule has 5 aliphatic rings. The third-order valence-corrected chi connectivity index (χ3v) is 17.9. The van der Waals surface area contributed by atoms with E-state index < -0.39 is 0 Å². The van der Waals surface area contributed by atoms with Crippen molar-refractivity contribution in [2.24, 2.45) is 0 Å². The summed E-state index contributed by atoms with van der Waals surface area (Å²) in [6.07, 6.45) is 10.0. The van der Waals surface area contributed by atoms with Crippen LogP contribution in [0.25, 0.3) is 33.4 Å². The van der Waals surface area contributed by atoms with Crippen LogP contribution in [0.15, 0.2) is 109 Å². The molecule has 310 valence electrons. The fourth-order valence-electron chi connectivity index (χ4n) is 14.4. The number of para-hydroxylation sites is 2. The Labute approximate surface area is 366 Å². The SMILES string of the molecule is Cc1cc(-c2ccc3c(c2)C(C)(C)c2cc(-c4cc(C)c5c(c4C)C4(C)CCCCC4(C)N5c4ccccc4)ccc2-3)c(C)c2c1N(c1ccccc1)C1(C)CCCCC21C. The Morgan fingerprint density at radius 3 is 1.18 bits per heavy atom. The summed E-state index contributed by atoms with van der Waals surface area (Å²) in [5.41, 5.74) is 25.6. The van der Waals surface area contributed by atoms with Crippen molar-refractivity contribution in [1.29, 1.82) is 0 Å². The summed E-state index contributed by atoms with van der Waals surface area (Å²) in [5, 5.41) is 0. The van der Waals surface area contributed by atoms with E-state index >= 15 is 0 Å². The zero-order chi connectivity index (χ0) is 42.4. The second-order valence-electron chi connectivity index (χ2n) is 21.3. The first-order valence-electron chi connectivity index (χ1n) is 23.5. The molecule has 6 aromatic rings. The minimum atomic E-state index is -0.133. The molecule has 0 saturated heterocycles. The minimum Gasteiger partial charge on any atom is -0.334 e. The summed E-state index contributed by atoms with van der Waals surface area (Å²) in [6.45, 7) is 24.8. The first-order valence-corrected chi connectivity index (χ1v) is 23.5. The molecule has 4 atom stereocenters. The monoisotopic (exact) mass is 801 g/mol. The van der Waals surface area contributed by atoms with Gasteiger partial charge in [0.1, 0.15) is 0 Å². The lowest BCUT2D eigenvalue weighted by Gasteiger charge is -2.50. The van der Waals surface area contributed by atoms with Crippen LogP contribution in [0.1, 0.15) is 137 Å². The van der Waals surface area contributed by atoms with Crippen LogP contribution in [-0.2, 0) is 16.2 Å². The van der Waals surface area contributed by atoms with Crippen LogP contribution < -0.4 is 9.80 Å². The van der Waals surface area contributed by atoms with Crippen molar-refractivity contribution in [3.63, 3.8) is 0 Å². The van der Waals surface area contributed by atoms with E-state index in [1.165, 1.54) is 141 Å². The largest absolute Gasteiger partial charge is 0.334 e. The molecule has 0 radical (unpaired) electrons. The summed E-state index contributed by atoms with van der Waals surface area (Å²) >= 11 is 0. The minimum absolute atomic E-state index is 0.0349. The normalized spacial score (nSPS) is 26.7. The average Bonchev–Trinajstić information content (AvgIpc) is 3.73. The van der Waals surface area contributed by atoms with Crippen LogP contribution >= 0.6 is 0 Å². The fourth-order valence-corrected chi connectivity index (χ4v) is 14.4. The topological polar surface area (TPSA) is 6.48 Å². The number of hydrogen-bond acceptors (Lipinski definition) is 2. The molecular weight excluding hydrogens is 737 g/mol. The van der Waals surface area contributed by atoms with Crippen LogP contribution in [-0.4, -0.2) is 11.1 Å². The lowest BCUT2D eigenvalue weighted by molar-refractivity contribution is 0.194. The van der Waals surface area contributed by atoms with E-state index in [4.69, 9.17) is 0 Å². The summed E-state index contributed by atoms with van der Waals surface area (Å²) in [4.78, 5) is 5.48. The van der Waals surface area contributed by atoms with E-state index in [2.05, 4.69) is 188 Å². The van der Waals surface area contributed by atoms with Crippen molar-refractivity contribution in [3.8, 4) is 33.4 Å². The Morgan fingerprint density at radius 1 is 0.410 bits per heavy atom. The standard InChI is InChI=1S/C59H64N2/c1-37-33-47(39(3)51-53(37)60(43-21-13-11-14-22-43)58(9)31-19-17-29-56(51,58)7)41-25-27-45-46-28-26-42(36-50(46)55(5,6)49(45)35-41)48-34-38(2)54-52(40(48)4)57(8)30-18-20-32-59(57,10)61(54)44-23-15-12-16-24-44/h11-16,21-28,33-36H,17-20,29-32H2,1-10H3. The van der Waals surface area contributed by atoms with Crippen molar-refractivity contribution in [2.75, 3.05) is 9.80 Å². The molecule has 6 aromatic carbocycles. The molecule has 2 heteroatoms. The van der Waals surface area contributed by atoms with Gasteiger partial charge in [0.25, 0.3) is 0 Å². The van der Waals surface area contributed by atoms with Gasteiger partial charge in [0.05, 0.1) is 11.1 Å². The Kier molecular flexibility index (Phi) is 8.26. The van der Waals surface area contributed by atoms with Gasteiger partial charge in [-0.05, 0) is 194 Å². The van der Waals surface area contributed by atoms with Crippen molar-refractivity contribution in [3.05, 3.63) is 154 Å². The van der Waals surface area contributed by atoms with Crippen LogP contribution in [0.2, 0.25) is 0 Å². The molecule has 2 aliphatic heterocycles. The quantitative estimate of drug-likeness (QED) is 0.175. The van der Waals surface area contributed by atoms with Gasteiger partial charge in [0.2, 0.25) is 0 Å². The highest BCUT2D eigenvalue weighted by atomic mass is 15.3. The third-order valence-electron chi connectivity index (χ3n) is 17.9.